The minimum Gasteiger partial charge on any atom is -0.484 e. The predicted molar refractivity (Wildman–Crippen MR) is 105 cm³/mol. The van der Waals surface area contributed by atoms with E-state index in [1.165, 1.54) is 25.7 Å². The summed E-state index contributed by atoms with van der Waals surface area (Å²) in [7, 11) is 1.87. The van der Waals surface area contributed by atoms with Crippen molar-refractivity contribution in [3.63, 3.8) is 0 Å². The summed E-state index contributed by atoms with van der Waals surface area (Å²) >= 11 is 0. The van der Waals surface area contributed by atoms with Crippen molar-refractivity contribution in [2.24, 2.45) is 5.92 Å². The lowest BCUT2D eigenvalue weighted by atomic mass is 10.1. The van der Waals surface area contributed by atoms with E-state index in [4.69, 9.17) is 4.74 Å². The zero-order valence-electron chi connectivity index (χ0n) is 16.2. The first-order valence-electron chi connectivity index (χ1n) is 10.1. The number of hydrogen-bond acceptors (Lipinski definition) is 3. The maximum Gasteiger partial charge on any atom is 0.317 e. The molecular weight excluding hydrogens is 342 g/mol. The number of benzene rings is 1. The van der Waals surface area contributed by atoms with Gasteiger partial charge in [-0.25, -0.2) is 4.79 Å². The summed E-state index contributed by atoms with van der Waals surface area (Å²) in [6.45, 7) is 1.52. The molecule has 1 aromatic rings. The van der Waals surface area contributed by atoms with Crippen molar-refractivity contribution in [1.29, 1.82) is 0 Å². The first kappa shape index (κ1) is 19.5. The number of nitrogens with one attached hydrogen (secondary N) is 2. The molecule has 1 aromatic carbocycles. The largest absolute Gasteiger partial charge is 0.484 e. The van der Waals surface area contributed by atoms with Gasteiger partial charge in [-0.05, 0) is 55.7 Å². The van der Waals surface area contributed by atoms with Crippen molar-refractivity contribution in [3.05, 3.63) is 29.8 Å². The van der Waals surface area contributed by atoms with Crippen LogP contribution < -0.4 is 15.4 Å². The van der Waals surface area contributed by atoms with Crippen LogP contribution in [0.2, 0.25) is 0 Å². The van der Waals surface area contributed by atoms with Gasteiger partial charge in [-0.15, -0.1) is 0 Å². The molecule has 0 unspecified atom stereocenters. The van der Waals surface area contributed by atoms with Crippen LogP contribution in [0.15, 0.2) is 24.3 Å². The van der Waals surface area contributed by atoms with E-state index in [-0.39, 0.29) is 18.5 Å². The fraction of sp³-hybridized carbons (Fsp3) is 0.619. The molecule has 2 N–H and O–H groups in total. The highest BCUT2D eigenvalue weighted by molar-refractivity contribution is 5.78. The third-order valence-corrected chi connectivity index (χ3v) is 5.28. The van der Waals surface area contributed by atoms with E-state index in [1.807, 2.05) is 31.3 Å². The quantitative estimate of drug-likeness (QED) is 0.699. The van der Waals surface area contributed by atoms with Crippen molar-refractivity contribution >= 4 is 11.9 Å². The average molecular weight is 373 g/mol. The Labute approximate surface area is 161 Å². The Balaban J connectivity index is 1.31. The highest BCUT2D eigenvalue weighted by Gasteiger charge is 2.23. The van der Waals surface area contributed by atoms with Crippen molar-refractivity contribution in [1.82, 2.24) is 15.5 Å². The van der Waals surface area contributed by atoms with Crippen LogP contribution >= 0.6 is 0 Å². The zero-order valence-corrected chi connectivity index (χ0v) is 16.2. The topological polar surface area (TPSA) is 70.7 Å². The third-order valence-electron chi connectivity index (χ3n) is 5.28. The van der Waals surface area contributed by atoms with Gasteiger partial charge in [0.2, 0.25) is 0 Å². The second-order valence-corrected chi connectivity index (χ2v) is 7.79. The lowest BCUT2D eigenvalue weighted by Crippen LogP contribution is -2.40. The number of amides is 3. The monoisotopic (exact) mass is 373 g/mol. The molecule has 2 fully saturated rings. The molecular formula is C21H31N3O3. The van der Waals surface area contributed by atoms with Gasteiger partial charge in [-0.2, -0.15) is 0 Å². The smallest absolute Gasteiger partial charge is 0.317 e. The van der Waals surface area contributed by atoms with Gasteiger partial charge in [0.25, 0.3) is 5.91 Å². The summed E-state index contributed by atoms with van der Waals surface area (Å²) in [4.78, 5) is 25.6. The van der Waals surface area contributed by atoms with E-state index in [0.717, 1.165) is 31.4 Å². The fourth-order valence-electron chi connectivity index (χ4n) is 3.51. The number of rotatable bonds is 9. The Morgan fingerprint density at radius 3 is 2.48 bits per heavy atom. The Kier molecular flexibility index (Phi) is 6.96. The van der Waals surface area contributed by atoms with Gasteiger partial charge >= 0.3 is 6.03 Å². The zero-order chi connectivity index (χ0) is 19.1. The minimum absolute atomic E-state index is 0.00327. The molecule has 0 heterocycles. The van der Waals surface area contributed by atoms with E-state index in [1.54, 1.807) is 4.90 Å². The molecule has 0 atom stereocenters. The molecule has 0 saturated heterocycles. The van der Waals surface area contributed by atoms with Crippen LogP contribution in [0.3, 0.4) is 0 Å². The van der Waals surface area contributed by atoms with Crippen LogP contribution in [0.1, 0.15) is 44.1 Å². The molecule has 3 amide bonds. The number of carbonyl (C=O) groups excluding carboxylic acids is 2. The lowest BCUT2D eigenvalue weighted by Gasteiger charge is -2.21. The second kappa shape index (κ2) is 9.62. The number of nitrogens with zero attached hydrogens (tertiary/aromatic N) is 1. The van der Waals surface area contributed by atoms with E-state index >= 15 is 0 Å². The van der Waals surface area contributed by atoms with Gasteiger partial charge < -0.3 is 20.3 Å². The van der Waals surface area contributed by atoms with Gasteiger partial charge in [-0.1, -0.05) is 25.0 Å². The second-order valence-electron chi connectivity index (χ2n) is 7.79. The normalized spacial score (nSPS) is 16.8. The first-order valence-corrected chi connectivity index (χ1v) is 10.1. The molecule has 148 valence electrons. The predicted octanol–water partition coefficient (Wildman–Crippen LogP) is 2.72. The summed E-state index contributed by atoms with van der Waals surface area (Å²) in [6, 6.07) is 8.05. The molecule has 0 bridgehead atoms. The minimum atomic E-state index is -0.0639. The number of carbonyl (C=O) groups is 2. The molecule has 6 heteroatoms. The molecule has 2 aliphatic carbocycles. The van der Waals surface area contributed by atoms with Gasteiger partial charge in [0, 0.05) is 26.2 Å². The molecule has 0 spiro atoms. The molecule has 0 radical (unpaired) electrons. The summed E-state index contributed by atoms with van der Waals surface area (Å²) in [5.41, 5.74) is 1.13. The third kappa shape index (κ3) is 6.77. The standard InChI is InChI=1S/C21H31N3O3/c1-24(14-17-4-2-3-5-17)21(26)22-13-12-16-6-10-19(11-7-16)27-15-20(25)23-18-8-9-18/h6-7,10-11,17-18H,2-5,8-9,12-15H2,1H3,(H,22,26)(H,23,25). The van der Waals surface area contributed by atoms with E-state index < -0.39 is 0 Å². The maximum atomic E-state index is 12.2. The van der Waals surface area contributed by atoms with Crippen LogP contribution in [0.5, 0.6) is 5.75 Å². The highest BCUT2D eigenvalue weighted by Crippen LogP contribution is 2.25. The van der Waals surface area contributed by atoms with Crippen molar-refractivity contribution in [2.75, 3.05) is 26.7 Å². The van der Waals surface area contributed by atoms with Gasteiger partial charge in [0.05, 0.1) is 0 Å². The molecule has 2 saturated carbocycles. The van der Waals surface area contributed by atoms with Crippen LogP contribution in [0.4, 0.5) is 4.79 Å². The molecule has 0 aliphatic heterocycles. The van der Waals surface area contributed by atoms with Gasteiger partial charge in [-0.3, -0.25) is 4.79 Å². The van der Waals surface area contributed by atoms with Crippen LogP contribution in [0, 0.1) is 5.92 Å². The number of urea groups is 1. The van der Waals surface area contributed by atoms with E-state index in [2.05, 4.69) is 10.6 Å². The first-order chi connectivity index (χ1) is 13.1. The lowest BCUT2D eigenvalue weighted by molar-refractivity contribution is -0.123. The maximum absolute atomic E-state index is 12.2. The average Bonchev–Trinajstić information content (AvgIpc) is 3.33. The van der Waals surface area contributed by atoms with Crippen LogP contribution in [-0.4, -0.2) is 49.6 Å². The van der Waals surface area contributed by atoms with Gasteiger partial charge in [0.15, 0.2) is 6.61 Å². The van der Waals surface area contributed by atoms with Crippen LogP contribution in [-0.2, 0) is 11.2 Å². The fourth-order valence-corrected chi connectivity index (χ4v) is 3.51. The summed E-state index contributed by atoms with van der Waals surface area (Å²) in [5.74, 6) is 1.29. The summed E-state index contributed by atoms with van der Waals surface area (Å²) in [6.07, 6.45) is 8.00. The summed E-state index contributed by atoms with van der Waals surface area (Å²) < 4.78 is 5.50. The number of hydrogen-bond donors (Lipinski definition) is 2. The van der Waals surface area contributed by atoms with Crippen LogP contribution in [0.25, 0.3) is 0 Å². The Bertz CT molecular complexity index is 622. The van der Waals surface area contributed by atoms with Crippen molar-refractivity contribution in [3.8, 4) is 5.75 Å². The van der Waals surface area contributed by atoms with E-state index in [9.17, 15) is 9.59 Å². The van der Waals surface area contributed by atoms with E-state index in [0.29, 0.717) is 24.3 Å². The Morgan fingerprint density at radius 2 is 1.81 bits per heavy atom. The molecule has 6 nitrogen and oxygen atoms in total. The SMILES string of the molecule is CN(CC1CCCC1)C(=O)NCCc1ccc(OCC(=O)NC2CC2)cc1. The summed E-state index contributed by atoms with van der Waals surface area (Å²) in [5, 5.41) is 5.88. The molecule has 2 aliphatic rings. The number of ether oxygens (including phenoxy) is 1. The molecule has 3 rings (SSSR count). The highest BCUT2D eigenvalue weighted by atomic mass is 16.5. The van der Waals surface area contributed by atoms with Crippen molar-refractivity contribution < 1.29 is 14.3 Å². The Hall–Kier alpha value is -2.24. The molecule has 0 aromatic heterocycles. The van der Waals surface area contributed by atoms with Gasteiger partial charge in [0.1, 0.15) is 5.75 Å². The van der Waals surface area contributed by atoms with Crippen molar-refractivity contribution in [2.45, 2.75) is 51.0 Å². The molecule has 27 heavy (non-hydrogen) atoms. The Morgan fingerprint density at radius 1 is 1.11 bits per heavy atom.